The molecular formula is C17H21N7O. The van der Waals surface area contributed by atoms with Crippen LogP contribution in [0.5, 0.6) is 0 Å². The van der Waals surface area contributed by atoms with Crippen LogP contribution in [0.1, 0.15) is 36.1 Å². The maximum absolute atomic E-state index is 12.7. The smallest absolute Gasteiger partial charge is 0.252 e. The number of piperidine rings is 1. The van der Waals surface area contributed by atoms with Gasteiger partial charge < -0.3 is 4.90 Å². The van der Waals surface area contributed by atoms with Crippen molar-refractivity contribution in [1.82, 2.24) is 34.3 Å². The molecule has 8 nitrogen and oxygen atoms in total. The van der Waals surface area contributed by atoms with Gasteiger partial charge in [0.2, 0.25) is 5.91 Å². The number of aromatic nitrogens is 6. The molecule has 0 spiro atoms. The van der Waals surface area contributed by atoms with Crippen molar-refractivity contribution in [3.8, 4) is 0 Å². The quantitative estimate of drug-likeness (QED) is 0.719. The van der Waals surface area contributed by atoms with Crippen LogP contribution in [0.25, 0.3) is 5.78 Å². The van der Waals surface area contributed by atoms with Crippen LogP contribution >= 0.6 is 0 Å². The zero-order valence-electron chi connectivity index (χ0n) is 14.5. The molecule has 8 heteroatoms. The lowest BCUT2D eigenvalue weighted by molar-refractivity contribution is -0.132. The molecule has 3 aromatic heterocycles. The number of nitrogens with zero attached hydrogens (tertiary/aromatic N) is 7. The molecule has 130 valence electrons. The number of amides is 1. The second-order valence-corrected chi connectivity index (χ2v) is 6.58. The molecule has 3 aromatic rings. The molecule has 25 heavy (non-hydrogen) atoms. The summed E-state index contributed by atoms with van der Waals surface area (Å²) in [6, 6.07) is 4.10. The molecule has 1 aliphatic rings. The molecule has 1 atom stereocenters. The zero-order valence-corrected chi connectivity index (χ0v) is 14.5. The summed E-state index contributed by atoms with van der Waals surface area (Å²) in [5, 5.41) is 8.90. The number of aryl methyl sites for hydroxylation is 2. The van der Waals surface area contributed by atoms with Gasteiger partial charge in [-0.3, -0.25) is 9.48 Å². The molecule has 0 aromatic carbocycles. The molecule has 4 rings (SSSR count). The van der Waals surface area contributed by atoms with E-state index in [1.807, 2.05) is 11.8 Å². The van der Waals surface area contributed by atoms with Crippen molar-refractivity contribution in [2.75, 3.05) is 13.1 Å². The highest BCUT2D eigenvalue weighted by Crippen LogP contribution is 2.23. The van der Waals surface area contributed by atoms with Gasteiger partial charge in [-0.25, -0.2) is 9.50 Å². The van der Waals surface area contributed by atoms with E-state index >= 15 is 0 Å². The van der Waals surface area contributed by atoms with Crippen LogP contribution in [-0.4, -0.2) is 53.3 Å². The summed E-state index contributed by atoms with van der Waals surface area (Å²) in [6.07, 6.45) is 5.67. The van der Waals surface area contributed by atoms with Crippen LogP contribution in [0, 0.1) is 13.8 Å². The number of carbonyl (C=O) groups excluding carboxylic acids is 1. The molecule has 1 amide bonds. The molecule has 4 heterocycles. The largest absolute Gasteiger partial charge is 0.340 e. The third kappa shape index (κ3) is 3.11. The van der Waals surface area contributed by atoms with Gasteiger partial charge in [0, 0.05) is 31.2 Å². The third-order valence-corrected chi connectivity index (χ3v) is 4.61. The average Bonchev–Trinajstić information content (AvgIpc) is 3.16. The fraction of sp³-hybridized carbons (Fsp3) is 0.471. The summed E-state index contributed by atoms with van der Waals surface area (Å²) in [6.45, 7) is 5.53. The molecule has 0 saturated carbocycles. The van der Waals surface area contributed by atoms with E-state index in [1.165, 1.54) is 0 Å². The lowest BCUT2D eigenvalue weighted by Gasteiger charge is -2.33. The lowest BCUT2D eigenvalue weighted by Crippen LogP contribution is -2.42. The molecule has 1 aliphatic heterocycles. The first-order valence-corrected chi connectivity index (χ1v) is 8.57. The van der Waals surface area contributed by atoms with Crippen LogP contribution in [-0.2, 0) is 11.2 Å². The van der Waals surface area contributed by atoms with Crippen LogP contribution in [0.2, 0.25) is 0 Å². The van der Waals surface area contributed by atoms with Gasteiger partial charge in [0.15, 0.2) is 5.82 Å². The first-order valence-electron chi connectivity index (χ1n) is 8.57. The van der Waals surface area contributed by atoms with Crippen LogP contribution < -0.4 is 0 Å². The highest BCUT2D eigenvalue weighted by Gasteiger charge is 2.26. The topological polar surface area (TPSA) is 81.2 Å². The molecule has 1 unspecified atom stereocenters. The number of hydrogen-bond acceptors (Lipinski definition) is 5. The van der Waals surface area contributed by atoms with Crippen LogP contribution in [0.15, 0.2) is 24.5 Å². The molecule has 0 aliphatic carbocycles. The highest BCUT2D eigenvalue weighted by molar-refractivity contribution is 5.78. The van der Waals surface area contributed by atoms with Crippen molar-refractivity contribution in [1.29, 1.82) is 0 Å². The first kappa shape index (κ1) is 15.7. The number of likely N-dealkylation sites (tertiary alicyclic amines) is 1. The Kier molecular flexibility index (Phi) is 3.95. The number of carbonyl (C=O) groups is 1. The van der Waals surface area contributed by atoms with Gasteiger partial charge in [-0.05, 0) is 38.8 Å². The van der Waals surface area contributed by atoms with E-state index in [2.05, 4.69) is 37.8 Å². The normalized spacial score (nSPS) is 18.0. The Labute approximate surface area is 145 Å². The van der Waals surface area contributed by atoms with Gasteiger partial charge in [-0.2, -0.15) is 10.1 Å². The standard InChI is InChI=1S/C17H21N7O/c1-12-9-13(2)24(20-12)14-5-3-7-22(11-14)16(25)10-15-19-17-18-6-4-8-23(17)21-15/h4,6,8-9,14H,3,5,7,10-11H2,1-2H3. The van der Waals surface area contributed by atoms with Crippen molar-refractivity contribution in [3.63, 3.8) is 0 Å². The summed E-state index contributed by atoms with van der Waals surface area (Å²) in [5.41, 5.74) is 2.16. The Morgan fingerprint density at radius 2 is 2.20 bits per heavy atom. The Morgan fingerprint density at radius 1 is 1.32 bits per heavy atom. The molecule has 0 bridgehead atoms. The Balaban J connectivity index is 1.47. The van der Waals surface area contributed by atoms with Gasteiger partial charge in [-0.1, -0.05) is 0 Å². The third-order valence-electron chi connectivity index (χ3n) is 4.61. The summed E-state index contributed by atoms with van der Waals surface area (Å²) < 4.78 is 3.65. The van der Waals surface area contributed by atoms with Crippen LogP contribution in [0.3, 0.4) is 0 Å². The Bertz CT molecular complexity index is 880. The lowest BCUT2D eigenvalue weighted by atomic mass is 10.1. The maximum atomic E-state index is 12.7. The molecule has 0 N–H and O–H groups in total. The second kappa shape index (κ2) is 6.27. The van der Waals surface area contributed by atoms with Gasteiger partial charge in [0.05, 0.1) is 18.2 Å². The van der Waals surface area contributed by atoms with Gasteiger partial charge in [0.1, 0.15) is 0 Å². The summed E-state index contributed by atoms with van der Waals surface area (Å²) in [5.74, 6) is 1.09. The minimum atomic E-state index is 0.0575. The van der Waals surface area contributed by atoms with E-state index in [1.54, 1.807) is 23.0 Å². The first-order chi connectivity index (χ1) is 12.1. The van der Waals surface area contributed by atoms with Gasteiger partial charge in [-0.15, -0.1) is 5.10 Å². The number of hydrogen-bond donors (Lipinski definition) is 0. The minimum absolute atomic E-state index is 0.0575. The van der Waals surface area contributed by atoms with Crippen molar-refractivity contribution < 1.29 is 4.79 Å². The number of rotatable bonds is 3. The van der Waals surface area contributed by atoms with E-state index in [0.717, 1.165) is 30.8 Å². The van der Waals surface area contributed by atoms with E-state index in [0.29, 0.717) is 18.1 Å². The van der Waals surface area contributed by atoms with E-state index in [-0.39, 0.29) is 18.4 Å². The monoisotopic (exact) mass is 339 g/mol. The predicted molar refractivity (Wildman–Crippen MR) is 91.0 cm³/mol. The van der Waals surface area contributed by atoms with Crippen molar-refractivity contribution in [2.24, 2.45) is 0 Å². The van der Waals surface area contributed by atoms with Crippen molar-refractivity contribution >= 4 is 11.7 Å². The highest BCUT2D eigenvalue weighted by atomic mass is 16.2. The summed E-state index contributed by atoms with van der Waals surface area (Å²) in [4.78, 5) is 23.1. The average molecular weight is 339 g/mol. The van der Waals surface area contributed by atoms with Gasteiger partial charge in [0.25, 0.3) is 5.78 Å². The fourth-order valence-corrected chi connectivity index (χ4v) is 3.49. The summed E-state index contributed by atoms with van der Waals surface area (Å²) in [7, 11) is 0. The van der Waals surface area contributed by atoms with Crippen molar-refractivity contribution in [2.45, 2.75) is 39.2 Å². The van der Waals surface area contributed by atoms with Gasteiger partial charge >= 0.3 is 0 Å². The summed E-state index contributed by atoms with van der Waals surface area (Å²) >= 11 is 0. The van der Waals surface area contributed by atoms with E-state index in [4.69, 9.17) is 0 Å². The molecule has 0 radical (unpaired) electrons. The zero-order chi connectivity index (χ0) is 17.4. The van der Waals surface area contributed by atoms with Crippen LogP contribution in [0.4, 0.5) is 0 Å². The Hall–Kier alpha value is -2.77. The molecule has 1 fully saturated rings. The maximum Gasteiger partial charge on any atom is 0.252 e. The van der Waals surface area contributed by atoms with E-state index < -0.39 is 0 Å². The number of fused-ring (bicyclic) bond motifs is 1. The predicted octanol–water partition coefficient (Wildman–Crippen LogP) is 1.34. The van der Waals surface area contributed by atoms with Crippen molar-refractivity contribution in [3.05, 3.63) is 41.7 Å². The van der Waals surface area contributed by atoms with E-state index in [9.17, 15) is 4.79 Å². The molecular weight excluding hydrogens is 318 g/mol. The fourth-order valence-electron chi connectivity index (χ4n) is 3.49. The molecule has 1 saturated heterocycles. The Morgan fingerprint density at radius 3 is 2.96 bits per heavy atom. The minimum Gasteiger partial charge on any atom is -0.340 e. The second-order valence-electron chi connectivity index (χ2n) is 6.58. The SMILES string of the molecule is Cc1cc(C)n(C2CCCN(C(=O)Cc3nc4ncccn4n3)C2)n1.